The van der Waals surface area contributed by atoms with Gasteiger partial charge in [0, 0.05) is 6.54 Å². The molecule has 1 rings (SSSR count). The number of carbonyl (C=O) groups is 1. The third-order valence-corrected chi connectivity index (χ3v) is 1.58. The van der Waals surface area contributed by atoms with E-state index in [0.717, 1.165) is 0 Å². The van der Waals surface area contributed by atoms with E-state index < -0.39 is 4.92 Å². The number of carbonyl (C=O) groups excluding carboxylic acids is 1. The van der Waals surface area contributed by atoms with E-state index in [9.17, 15) is 14.9 Å². The van der Waals surface area contributed by atoms with Gasteiger partial charge in [0.25, 0.3) is 0 Å². The Kier molecular flexibility index (Phi) is 3.55. The normalized spacial score (nSPS) is 9.60. The first-order valence-corrected chi connectivity index (χ1v) is 4.17. The maximum Gasteiger partial charge on any atom is 0.381 e. The molecule has 7 nitrogen and oxygen atoms in total. The Morgan fingerprint density at radius 1 is 1.80 bits per heavy atom. The van der Waals surface area contributed by atoms with Crippen LogP contribution in [-0.2, 0) is 11.3 Å². The molecule has 1 N–H and O–H groups in total. The Hall–Kier alpha value is -2.18. The first-order chi connectivity index (χ1) is 7.13. The summed E-state index contributed by atoms with van der Waals surface area (Å²) in [7, 11) is 0. The maximum absolute atomic E-state index is 11.2. The number of imidazole rings is 1. The molecule has 0 aromatic carbocycles. The molecule has 0 unspecified atom stereocenters. The van der Waals surface area contributed by atoms with Gasteiger partial charge in [-0.1, -0.05) is 6.08 Å². The van der Waals surface area contributed by atoms with Crippen molar-refractivity contribution in [3.63, 3.8) is 0 Å². The van der Waals surface area contributed by atoms with Crippen molar-refractivity contribution >= 4 is 11.7 Å². The van der Waals surface area contributed by atoms with E-state index >= 15 is 0 Å². The second-order valence-corrected chi connectivity index (χ2v) is 2.75. The SMILES string of the molecule is C=CCNC(=O)Cn1cnc([N+](=O)[O-])c1. The molecule has 15 heavy (non-hydrogen) atoms. The quantitative estimate of drug-likeness (QED) is 0.423. The molecule has 0 saturated heterocycles. The fourth-order valence-corrected chi connectivity index (χ4v) is 0.937. The van der Waals surface area contributed by atoms with E-state index in [4.69, 9.17) is 0 Å². The van der Waals surface area contributed by atoms with Crippen molar-refractivity contribution in [3.8, 4) is 0 Å². The van der Waals surface area contributed by atoms with Crippen molar-refractivity contribution in [1.29, 1.82) is 0 Å². The summed E-state index contributed by atoms with van der Waals surface area (Å²) in [6.07, 6.45) is 3.99. The first kappa shape index (κ1) is 10.9. The molecule has 0 bridgehead atoms. The van der Waals surface area contributed by atoms with Crippen molar-refractivity contribution in [1.82, 2.24) is 14.9 Å². The lowest BCUT2D eigenvalue weighted by molar-refractivity contribution is -0.389. The zero-order chi connectivity index (χ0) is 11.3. The van der Waals surface area contributed by atoms with Crippen LogP contribution < -0.4 is 5.32 Å². The molecule has 1 aromatic rings. The van der Waals surface area contributed by atoms with Crippen molar-refractivity contribution < 1.29 is 9.72 Å². The zero-order valence-electron chi connectivity index (χ0n) is 7.92. The number of aromatic nitrogens is 2. The van der Waals surface area contributed by atoms with Gasteiger partial charge in [-0.3, -0.25) is 4.79 Å². The number of hydrogen-bond donors (Lipinski definition) is 1. The highest BCUT2D eigenvalue weighted by Gasteiger charge is 2.11. The fourth-order valence-electron chi connectivity index (χ4n) is 0.937. The van der Waals surface area contributed by atoms with Gasteiger partial charge in [-0.2, -0.15) is 0 Å². The summed E-state index contributed by atoms with van der Waals surface area (Å²) in [5.74, 6) is -0.520. The van der Waals surface area contributed by atoms with E-state index in [2.05, 4.69) is 16.9 Å². The molecule has 1 amide bonds. The minimum atomic E-state index is -0.613. The molecule has 0 fully saturated rings. The minimum absolute atomic E-state index is 0.00861. The Bertz CT molecular complexity index is 385. The summed E-state index contributed by atoms with van der Waals surface area (Å²) < 4.78 is 1.34. The van der Waals surface area contributed by atoms with Gasteiger partial charge >= 0.3 is 5.82 Å². The van der Waals surface area contributed by atoms with Crippen LogP contribution in [0, 0.1) is 10.1 Å². The van der Waals surface area contributed by atoms with Crippen LogP contribution in [0.1, 0.15) is 0 Å². The van der Waals surface area contributed by atoms with Gasteiger partial charge < -0.3 is 20.0 Å². The fraction of sp³-hybridized carbons (Fsp3) is 0.250. The van der Waals surface area contributed by atoms with Crippen LogP contribution in [0.15, 0.2) is 25.2 Å². The van der Waals surface area contributed by atoms with Crippen LogP contribution in [0.3, 0.4) is 0 Å². The lowest BCUT2D eigenvalue weighted by Crippen LogP contribution is -2.27. The Balaban J connectivity index is 2.53. The molecule has 7 heteroatoms. The molecular formula is C8H10N4O3. The summed E-state index contributed by atoms with van der Waals surface area (Å²) in [5, 5.41) is 12.8. The second-order valence-electron chi connectivity index (χ2n) is 2.75. The second kappa shape index (κ2) is 4.89. The van der Waals surface area contributed by atoms with Gasteiger partial charge in [0.2, 0.25) is 12.2 Å². The van der Waals surface area contributed by atoms with Gasteiger partial charge in [-0.15, -0.1) is 6.58 Å². The lowest BCUT2D eigenvalue weighted by Gasteiger charge is -2.00. The van der Waals surface area contributed by atoms with E-state index in [0.29, 0.717) is 6.54 Å². The maximum atomic E-state index is 11.2. The molecule has 0 aliphatic rings. The number of rotatable bonds is 5. The van der Waals surface area contributed by atoms with Crippen molar-refractivity contribution in [2.75, 3.05) is 6.54 Å². The Morgan fingerprint density at radius 2 is 2.53 bits per heavy atom. The molecule has 0 radical (unpaired) electrons. The van der Waals surface area contributed by atoms with Crippen LogP contribution in [-0.4, -0.2) is 26.9 Å². The van der Waals surface area contributed by atoms with E-state index in [1.807, 2.05) is 0 Å². The predicted octanol–water partition coefficient (Wildman–Crippen LogP) is 0.0935. The van der Waals surface area contributed by atoms with Gasteiger partial charge in [-0.25, -0.2) is 0 Å². The van der Waals surface area contributed by atoms with Crippen LogP contribution in [0.4, 0.5) is 5.82 Å². The van der Waals surface area contributed by atoms with Crippen LogP contribution in [0.5, 0.6) is 0 Å². The van der Waals surface area contributed by atoms with Crippen LogP contribution in [0.25, 0.3) is 0 Å². The van der Waals surface area contributed by atoms with Crippen molar-refractivity contribution in [2.45, 2.75) is 6.54 Å². The van der Waals surface area contributed by atoms with E-state index in [-0.39, 0.29) is 18.3 Å². The molecule has 1 heterocycles. The smallest absolute Gasteiger partial charge is 0.358 e. The Morgan fingerprint density at radius 3 is 3.07 bits per heavy atom. The third kappa shape index (κ3) is 3.22. The number of nitro groups is 1. The van der Waals surface area contributed by atoms with E-state index in [1.54, 1.807) is 6.08 Å². The number of amides is 1. The highest BCUT2D eigenvalue weighted by Crippen LogP contribution is 2.04. The summed E-state index contributed by atoms with van der Waals surface area (Å²) in [6, 6.07) is 0. The van der Waals surface area contributed by atoms with Gasteiger partial charge in [0.15, 0.2) is 0 Å². The molecular weight excluding hydrogens is 200 g/mol. The van der Waals surface area contributed by atoms with Crippen LogP contribution in [0.2, 0.25) is 0 Å². The summed E-state index contributed by atoms with van der Waals surface area (Å²) in [6.45, 7) is 3.82. The minimum Gasteiger partial charge on any atom is -0.358 e. The number of nitrogens with one attached hydrogen (secondary N) is 1. The zero-order valence-corrected chi connectivity index (χ0v) is 7.92. The number of hydrogen-bond acceptors (Lipinski definition) is 4. The van der Waals surface area contributed by atoms with Crippen molar-refractivity contribution in [3.05, 3.63) is 35.3 Å². The molecule has 0 aliphatic carbocycles. The predicted molar refractivity (Wildman–Crippen MR) is 52.1 cm³/mol. The average Bonchev–Trinajstić information content (AvgIpc) is 2.63. The topological polar surface area (TPSA) is 90.1 Å². The first-order valence-electron chi connectivity index (χ1n) is 4.17. The van der Waals surface area contributed by atoms with Gasteiger partial charge in [-0.05, 0) is 9.91 Å². The van der Waals surface area contributed by atoms with Gasteiger partial charge in [0.05, 0.1) is 0 Å². The molecule has 0 aliphatic heterocycles. The third-order valence-electron chi connectivity index (χ3n) is 1.58. The summed E-state index contributed by atoms with van der Waals surface area (Å²) in [5.41, 5.74) is 0. The molecule has 0 atom stereocenters. The summed E-state index contributed by atoms with van der Waals surface area (Å²) >= 11 is 0. The molecule has 0 spiro atoms. The number of nitrogens with zero attached hydrogens (tertiary/aromatic N) is 3. The lowest BCUT2D eigenvalue weighted by atomic mass is 10.5. The van der Waals surface area contributed by atoms with Crippen molar-refractivity contribution in [2.24, 2.45) is 0 Å². The average molecular weight is 210 g/mol. The molecule has 1 aromatic heterocycles. The van der Waals surface area contributed by atoms with Crippen LogP contribution >= 0.6 is 0 Å². The molecule has 0 saturated carbocycles. The summed E-state index contributed by atoms with van der Waals surface area (Å²) in [4.78, 5) is 24.4. The monoisotopic (exact) mass is 210 g/mol. The highest BCUT2D eigenvalue weighted by atomic mass is 16.6. The van der Waals surface area contributed by atoms with E-state index in [1.165, 1.54) is 17.1 Å². The standard InChI is InChI=1S/C8H10N4O3/c1-2-3-9-8(13)5-11-4-7(10-6-11)12(14)15/h2,4,6H,1,3,5H2,(H,9,13). The largest absolute Gasteiger partial charge is 0.381 e. The van der Waals surface area contributed by atoms with Gasteiger partial charge in [0.1, 0.15) is 12.7 Å². The Labute approximate surface area is 85.6 Å². The molecule has 80 valence electrons. The highest BCUT2D eigenvalue weighted by molar-refractivity contribution is 5.75.